The Morgan fingerprint density at radius 3 is 2.57 bits per heavy atom. The van der Waals surface area contributed by atoms with Crippen LogP contribution >= 0.6 is 0 Å². The molecule has 0 spiro atoms. The third kappa shape index (κ3) is 3.54. The Labute approximate surface area is 124 Å². The van der Waals surface area contributed by atoms with Crippen molar-refractivity contribution in [3.63, 3.8) is 0 Å². The maximum Gasteiger partial charge on any atom is 0.331 e. The highest BCUT2D eigenvalue weighted by Crippen LogP contribution is 2.31. The number of amides is 1. The van der Waals surface area contributed by atoms with Gasteiger partial charge in [0.25, 0.3) is 0 Å². The summed E-state index contributed by atoms with van der Waals surface area (Å²) in [6, 6.07) is 7.49. The van der Waals surface area contributed by atoms with Crippen molar-refractivity contribution in [3.05, 3.63) is 29.8 Å². The molecule has 21 heavy (non-hydrogen) atoms. The second-order valence-corrected chi connectivity index (χ2v) is 5.53. The minimum absolute atomic E-state index is 0.134. The molecule has 5 nitrogen and oxygen atoms in total. The highest BCUT2D eigenvalue weighted by atomic mass is 16.5. The zero-order valence-electron chi connectivity index (χ0n) is 12.4. The van der Waals surface area contributed by atoms with E-state index < -0.39 is 5.54 Å². The molecule has 1 saturated carbocycles. The molecule has 0 atom stereocenters. The molecule has 0 radical (unpaired) electrons. The number of para-hydroxylation sites is 1. The molecule has 1 aliphatic rings. The fraction of sp³-hybridized carbons (Fsp3) is 0.500. The molecule has 5 heteroatoms. The van der Waals surface area contributed by atoms with Gasteiger partial charge in [-0.15, -0.1) is 0 Å². The third-order valence-electron chi connectivity index (χ3n) is 4.09. The SMILES string of the molecule is COC(=O)C1(NC(=O)CCc2ccccc2N)CCCC1. The number of carbonyl (C=O) groups excluding carboxylic acids is 2. The van der Waals surface area contributed by atoms with E-state index in [9.17, 15) is 9.59 Å². The number of nitrogen functional groups attached to an aromatic ring is 1. The second kappa shape index (κ2) is 6.61. The van der Waals surface area contributed by atoms with E-state index in [0.717, 1.165) is 18.4 Å². The van der Waals surface area contributed by atoms with Crippen molar-refractivity contribution >= 4 is 17.6 Å². The van der Waals surface area contributed by atoms with Gasteiger partial charge in [-0.25, -0.2) is 4.79 Å². The summed E-state index contributed by atoms with van der Waals surface area (Å²) in [5.41, 5.74) is 6.67. The molecule has 0 unspecified atom stereocenters. The molecule has 1 amide bonds. The van der Waals surface area contributed by atoms with Crippen LogP contribution in [0.15, 0.2) is 24.3 Å². The lowest BCUT2D eigenvalue weighted by molar-refractivity contribution is -0.150. The summed E-state index contributed by atoms with van der Waals surface area (Å²) < 4.78 is 4.85. The van der Waals surface area contributed by atoms with Gasteiger partial charge in [0.2, 0.25) is 5.91 Å². The topological polar surface area (TPSA) is 81.4 Å². The van der Waals surface area contributed by atoms with E-state index in [1.807, 2.05) is 24.3 Å². The van der Waals surface area contributed by atoms with E-state index in [1.165, 1.54) is 7.11 Å². The van der Waals surface area contributed by atoms with E-state index in [4.69, 9.17) is 10.5 Å². The van der Waals surface area contributed by atoms with E-state index in [1.54, 1.807) is 0 Å². The quantitative estimate of drug-likeness (QED) is 0.640. The van der Waals surface area contributed by atoms with E-state index in [2.05, 4.69) is 5.32 Å². The number of esters is 1. The Morgan fingerprint density at radius 2 is 1.95 bits per heavy atom. The number of methoxy groups -OCH3 is 1. The molecule has 1 aliphatic carbocycles. The van der Waals surface area contributed by atoms with Crippen LogP contribution in [-0.2, 0) is 20.7 Å². The van der Waals surface area contributed by atoms with Crippen molar-refractivity contribution in [2.45, 2.75) is 44.1 Å². The Kier molecular flexibility index (Phi) is 4.83. The van der Waals surface area contributed by atoms with Gasteiger partial charge in [-0.05, 0) is 30.9 Å². The van der Waals surface area contributed by atoms with Gasteiger partial charge in [0.1, 0.15) is 5.54 Å². The third-order valence-corrected chi connectivity index (χ3v) is 4.09. The van der Waals surface area contributed by atoms with Crippen molar-refractivity contribution < 1.29 is 14.3 Å². The maximum absolute atomic E-state index is 12.1. The summed E-state index contributed by atoms with van der Waals surface area (Å²) in [6.45, 7) is 0. The van der Waals surface area contributed by atoms with Crippen LogP contribution < -0.4 is 11.1 Å². The van der Waals surface area contributed by atoms with Gasteiger partial charge in [-0.3, -0.25) is 4.79 Å². The minimum Gasteiger partial charge on any atom is -0.467 e. The summed E-state index contributed by atoms with van der Waals surface area (Å²) in [5, 5.41) is 2.88. The minimum atomic E-state index is -0.825. The maximum atomic E-state index is 12.1. The number of hydrogen-bond acceptors (Lipinski definition) is 4. The fourth-order valence-corrected chi connectivity index (χ4v) is 2.89. The van der Waals surface area contributed by atoms with Crippen molar-refractivity contribution in [3.8, 4) is 0 Å². The number of rotatable bonds is 5. The van der Waals surface area contributed by atoms with Crippen LogP contribution in [0.2, 0.25) is 0 Å². The zero-order chi connectivity index (χ0) is 15.3. The molecule has 3 N–H and O–H groups in total. The lowest BCUT2D eigenvalue weighted by Crippen LogP contribution is -2.53. The summed E-state index contributed by atoms with van der Waals surface area (Å²) in [6.07, 6.45) is 4.04. The number of anilines is 1. The van der Waals surface area contributed by atoms with Crippen LogP contribution in [0, 0.1) is 0 Å². The van der Waals surface area contributed by atoms with Crippen LogP contribution in [0.3, 0.4) is 0 Å². The molecular formula is C16H22N2O3. The fourth-order valence-electron chi connectivity index (χ4n) is 2.89. The van der Waals surface area contributed by atoms with E-state index in [-0.39, 0.29) is 11.9 Å². The van der Waals surface area contributed by atoms with Crippen LogP contribution in [-0.4, -0.2) is 24.5 Å². The zero-order valence-corrected chi connectivity index (χ0v) is 12.4. The number of carbonyl (C=O) groups is 2. The molecule has 0 heterocycles. The first-order valence-corrected chi connectivity index (χ1v) is 7.30. The lowest BCUT2D eigenvalue weighted by atomic mass is 9.97. The number of nitrogens with two attached hydrogens (primary N) is 1. The standard InChI is InChI=1S/C16H22N2O3/c1-21-15(20)16(10-4-5-11-16)18-14(19)9-8-12-6-2-3-7-13(12)17/h2-3,6-7H,4-5,8-11,17H2,1H3,(H,18,19). The van der Waals surface area contributed by atoms with E-state index in [0.29, 0.717) is 31.4 Å². The molecule has 1 aromatic carbocycles. The average molecular weight is 290 g/mol. The van der Waals surface area contributed by atoms with Gasteiger partial charge in [-0.1, -0.05) is 31.0 Å². The lowest BCUT2D eigenvalue weighted by Gasteiger charge is -2.27. The first-order valence-electron chi connectivity index (χ1n) is 7.30. The Morgan fingerprint density at radius 1 is 1.29 bits per heavy atom. The largest absolute Gasteiger partial charge is 0.467 e. The summed E-state index contributed by atoms with van der Waals surface area (Å²) in [5.74, 6) is -0.474. The van der Waals surface area contributed by atoms with Crippen LogP contribution in [0.1, 0.15) is 37.7 Å². The van der Waals surface area contributed by atoms with Crippen molar-refractivity contribution in [1.29, 1.82) is 0 Å². The monoisotopic (exact) mass is 290 g/mol. The predicted molar refractivity (Wildman–Crippen MR) is 80.5 cm³/mol. The number of ether oxygens (including phenoxy) is 1. The molecule has 1 fully saturated rings. The molecule has 1 aromatic rings. The van der Waals surface area contributed by atoms with Gasteiger partial charge in [0.15, 0.2) is 0 Å². The molecule has 0 bridgehead atoms. The Balaban J connectivity index is 1.94. The molecule has 0 aliphatic heterocycles. The normalized spacial score (nSPS) is 16.4. The number of aryl methyl sites for hydroxylation is 1. The van der Waals surface area contributed by atoms with Crippen molar-refractivity contribution in [1.82, 2.24) is 5.32 Å². The Bertz CT molecular complexity index is 522. The van der Waals surface area contributed by atoms with Gasteiger partial charge >= 0.3 is 5.97 Å². The highest BCUT2D eigenvalue weighted by Gasteiger charge is 2.43. The first kappa shape index (κ1) is 15.4. The molecule has 114 valence electrons. The van der Waals surface area contributed by atoms with Gasteiger partial charge in [0.05, 0.1) is 7.11 Å². The Hall–Kier alpha value is -2.04. The van der Waals surface area contributed by atoms with Crippen molar-refractivity contribution in [2.75, 3.05) is 12.8 Å². The van der Waals surface area contributed by atoms with Gasteiger partial charge in [-0.2, -0.15) is 0 Å². The number of benzene rings is 1. The van der Waals surface area contributed by atoms with E-state index >= 15 is 0 Å². The smallest absolute Gasteiger partial charge is 0.331 e. The van der Waals surface area contributed by atoms with Crippen molar-refractivity contribution in [2.24, 2.45) is 0 Å². The second-order valence-electron chi connectivity index (χ2n) is 5.53. The van der Waals surface area contributed by atoms with Crippen LogP contribution in [0.25, 0.3) is 0 Å². The summed E-state index contributed by atoms with van der Waals surface area (Å²) in [4.78, 5) is 24.1. The molecule has 0 saturated heterocycles. The highest BCUT2D eigenvalue weighted by molar-refractivity contribution is 5.88. The van der Waals surface area contributed by atoms with Crippen LogP contribution in [0.5, 0.6) is 0 Å². The average Bonchev–Trinajstić information content (AvgIpc) is 2.95. The predicted octanol–water partition coefficient (Wildman–Crippen LogP) is 1.80. The van der Waals surface area contributed by atoms with Gasteiger partial charge in [0, 0.05) is 12.1 Å². The number of hydrogen-bond donors (Lipinski definition) is 2. The molecule has 0 aromatic heterocycles. The summed E-state index contributed by atoms with van der Waals surface area (Å²) >= 11 is 0. The summed E-state index contributed by atoms with van der Waals surface area (Å²) in [7, 11) is 1.36. The van der Waals surface area contributed by atoms with Gasteiger partial charge < -0.3 is 15.8 Å². The molecular weight excluding hydrogens is 268 g/mol. The molecule has 2 rings (SSSR count). The van der Waals surface area contributed by atoms with Crippen LogP contribution in [0.4, 0.5) is 5.69 Å². The number of nitrogens with one attached hydrogen (secondary N) is 1. The first-order chi connectivity index (χ1) is 10.1.